The van der Waals surface area contributed by atoms with E-state index in [-0.39, 0.29) is 23.8 Å². The van der Waals surface area contributed by atoms with Crippen LogP contribution in [-0.4, -0.2) is 73.5 Å². The normalized spacial score (nSPS) is 23.2. The quantitative estimate of drug-likeness (QED) is 0.760. The molecule has 4 rings (SSSR count). The smallest absolute Gasteiger partial charge is 0.242 e. The zero-order chi connectivity index (χ0) is 21.6. The highest BCUT2D eigenvalue weighted by molar-refractivity contribution is 5.89. The summed E-state index contributed by atoms with van der Waals surface area (Å²) in [6.45, 7) is 8.47. The summed E-state index contributed by atoms with van der Waals surface area (Å²) in [5.74, 6) is 0.413. The number of likely N-dealkylation sites (tertiary alicyclic amines) is 1. The maximum absolute atomic E-state index is 12.9. The molecule has 1 atom stereocenters. The molecule has 2 saturated heterocycles. The van der Waals surface area contributed by atoms with E-state index in [4.69, 9.17) is 0 Å². The van der Waals surface area contributed by atoms with Crippen LogP contribution < -0.4 is 10.2 Å². The molecule has 2 heterocycles. The average molecular weight is 427 g/mol. The molecule has 170 valence electrons. The molecule has 3 fully saturated rings. The number of hydrogen-bond acceptors (Lipinski definition) is 4. The predicted octanol–water partition coefficient (Wildman–Crippen LogP) is 2.80. The van der Waals surface area contributed by atoms with Crippen LogP contribution in [0.1, 0.15) is 50.5 Å². The molecule has 1 saturated carbocycles. The summed E-state index contributed by atoms with van der Waals surface area (Å²) in [7, 11) is 0. The van der Waals surface area contributed by atoms with Gasteiger partial charge in [-0.15, -0.1) is 0 Å². The zero-order valence-corrected chi connectivity index (χ0v) is 19.0. The Morgan fingerprint density at radius 3 is 2.48 bits per heavy atom. The van der Waals surface area contributed by atoms with Gasteiger partial charge in [-0.05, 0) is 50.3 Å². The molecule has 0 bridgehead atoms. The van der Waals surface area contributed by atoms with Gasteiger partial charge in [-0.2, -0.15) is 0 Å². The van der Waals surface area contributed by atoms with Gasteiger partial charge in [0.15, 0.2) is 0 Å². The summed E-state index contributed by atoms with van der Waals surface area (Å²) < 4.78 is 0. The molecule has 0 aromatic heterocycles. The van der Waals surface area contributed by atoms with Crippen molar-refractivity contribution in [2.24, 2.45) is 5.92 Å². The van der Waals surface area contributed by atoms with Crippen molar-refractivity contribution in [1.29, 1.82) is 0 Å². The number of amides is 2. The Balaban J connectivity index is 1.19. The second-order valence-electron chi connectivity index (χ2n) is 9.48. The minimum Gasteiger partial charge on any atom is -0.369 e. The van der Waals surface area contributed by atoms with Crippen LogP contribution >= 0.6 is 0 Å². The third kappa shape index (κ3) is 5.59. The summed E-state index contributed by atoms with van der Waals surface area (Å²) in [6.07, 6.45) is 7.29. The predicted molar refractivity (Wildman–Crippen MR) is 124 cm³/mol. The standard InChI is InChI=1S/C25H38N4O2/c1-20-7-5-10-22(19-20)28-17-15-27(16-18-28)14-12-26-24(30)23-11-6-13-29(23)25(31)21-8-3-2-4-9-21/h5,7,10,19,21,23H,2-4,6,8-9,11-18H2,1H3,(H,26,30)/t23-/m1/s1. The number of aryl methyl sites for hydroxylation is 1. The molecule has 31 heavy (non-hydrogen) atoms. The van der Waals surface area contributed by atoms with E-state index in [9.17, 15) is 9.59 Å². The van der Waals surface area contributed by atoms with Gasteiger partial charge in [0, 0.05) is 57.4 Å². The fraction of sp³-hybridized carbons (Fsp3) is 0.680. The molecule has 1 aromatic rings. The van der Waals surface area contributed by atoms with E-state index in [0.29, 0.717) is 6.54 Å². The molecule has 1 aromatic carbocycles. The summed E-state index contributed by atoms with van der Waals surface area (Å²) in [6, 6.07) is 8.43. The molecule has 3 aliphatic rings. The van der Waals surface area contributed by atoms with Crippen molar-refractivity contribution in [3.05, 3.63) is 29.8 Å². The first-order valence-electron chi connectivity index (χ1n) is 12.2. The second-order valence-corrected chi connectivity index (χ2v) is 9.48. The highest BCUT2D eigenvalue weighted by Crippen LogP contribution is 2.28. The van der Waals surface area contributed by atoms with E-state index in [1.807, 2.05) is 4.90 Å². The van der Waals surface area contributed by atoms with Gasteiger partial charge in [-0.1, -0.05) is 31.4 Å². The first-order valence-corrected chi connectivity index (χ1v) is 12.2. The van der Waals surface area contributed by atoms with Crippen molar-refractivity contribution in [3.63, 3.8) is 0 Å². The Morgan fingerprint density at radius 1 is 0.968 bits per heavy atom. The molecule has 0 radical (unpaired) electrons. The highest BCUT2D eigenvalue weighted by Gasteiger charge is 2.37. The van der Waals surface area contributed by atoms with Gasteiger partial charge in [0.2, 0.25) is 11.8 Å². The fourth-order valence-electron chi connectivity index (χ4n) is 5.40. The SMILES string of the molecule is Cc1cccc(N2CCN(CCNC(=O)[C@H]3CCCN3C(=O)C3CCCCC3)CC2)c1. The molecule has 2 amide bonds. The van der Waals surface area contributed by atoms with Crippen LogP contribution in [0.25, 0.3) is 0 Å². The molecular formula is C25H38N4O2. The first-order chi connectivity index (χ1) is 15.1. The molecule has 0 unspecified atom stereocenters. The highest BCUT2D eigenvalue weighted by atomic mass is 16.2. The maximum Gasteiger partial charge on any atom is 0.242 e. The number of benzene rings is 1. The molecule has 6 nitrogen and oxygen atoms in total. The lowest BCUT2D eigenvalue weighted by Gasteiger charge is -2.36. The van der Waals surface area contributed by atoms with Crippen molar-refractivity contribution in [1.82, 2.24) is 15.1 Å². The molecule has 1 aliphatic carbocycles. The number of rotatable bonds is 6. The Hall–Kier alpha value is -2.08. The van der Waals surface area contributed by atoms with Gasteiger partial charge in [-0.25, -0.2) is 0 Å². The van der Waals surface area contributed by atoms with Crippen LogP contribution in [-0.2, 0) is 9.59 Å². The third-order valence-electron chi connectivity index (χ3n) is 7.26. The summed E-state index contributed by atoms with van der Waals surface area (Å²) in [5.41, 5.74) is 2.60. The first kappa shape index (κ1) is 22.1. The van der Waals surface area contributed by atoms with Gasteiger partial charge in [0.05, 0.1) is 0 Å². The summed E-state index contributed by atoms with van der Waals surface area (Å²) in [4.78, 5) is 32.5. The van der Waals surface area contributed by atoms with E-state index in [2.05, 4.69) is 46.3 Å². The number of anilines is 1. The van der Waals surface area contributed by atoms with Crippen LogP contribution in [0.15, 0.2) is 24.3 Å². The van der Waals surface area contributed by atoms with E-state index in [1.54, 1.807) is 0 Å². The molecule has 1 N–H and O–H groups in total. The van der Waals surface area contributed by atoms with Crippen LogP contribution in [0.3, 0.4) is 0 Å². The monoisotopic (exact) mass is 426 g/mol. The van der Waals surface area contributed by atoms with Crippen molar-refractivity contribution in [2.45, 2.75) is 57.9 Å². The van der Waals surface area contributed by atoms with Gasteiger partial charge in [0.25, 0.3) is 0 Å². The Labute approximate surface area is 187 Å². The lowest BCUT2D eigenvalue weighted by Crippen LogP contribution is -2.51. The summed E-state index contributed by atoms with van der Waals surface area (Å²) in [5, 5.41) is 3.12. The third-order valence-corrected chi connectivity index (χ3v) is 7.26. The van der Waals surface area contributed by atoms with Crippen LogP contribution in [0.2, 0.25) is 0 Å². The topological polar surface area (TPSA) is 55.9 Å². The van der Waals surface area contributed by atoms with Crippen molar-refractivity contribution < 1.29 is 9.59 Å². The minimum atomic E-state index is -0.257. The molecule has 6 heteroatoms. The average Bonchev–Trinajstić information content (AvgIpc) is 3.30. The lowest BCUT2D eigenvalue weighted by atomic mass is 9.88. The van der Waals surface area contributed by atoms with Gasteiger partial charge >= 0.3 is 0 Å². The van der Waals surface area contributed by atoms with Gasteiger partial charge < -0.3 is 15.1 Å². The molecular weight excluding hydrogens is 388 g/mol. The van der Waals surface area contributed by atoms with Crippen LogP contribution in [0.4, 0.5) is 5.69 Å². The molecule has 2 aliphatic heterocycles. The Morgan fingerprint density at radius 2 is 1.74 bits per heavy atom. The lowest BCUT2D eigenvalue weighted by molar-refractivity contribution is -0.142. The van der Waals surface area contributed by atoms with E-state index in [1.165, 1.54) is 17.7 Å². The van der Waals surface area contributed by atoms with Crippen molar-refractivity contribution in [3.8, 4) is 0 Å². The number of nitrogens with zero attached hydrogens (tertiary/aromatic N) is 3. The second kappa shape index (κ2) is 10.5. The number of nitrogens with one attached hydrogen (secondary N) is 1. The van der Waals surface area contributed by atoms with E-state index < -0.39 is 0 Å². The van der Waals surface area contributed by atoms with Crippen molar-refractivity contribution >= 4 is 17.5 Å². The fourth-order valence-corrected chi connectivity index (χ4v) is 5.40. The number of carbonyl (C=O) groups excluding carboxylic acids is 2. The largest absolute Gasteiger partial charge is 0.369 e. The van der Waals surface area contributed by atoms with E-state index >= 15 is 0 Å². The van der Waals surface area contributed by atoms with Crippen molar-refractivity contribution in [2.75, 3.05) is 50.7 Å². The number of carbonyl (C=O) groups is 2. The van der Waals surface area contributed by atoms with Crippen LogP contribution in [0.5, 0.6) is 0 Å². The number of hydrogen-bond donors (Lipinski definition) is 1. The van der Waals surface area contributed by atoms with Gasteiger partial charge in [-0.3, -0.25) is 14.5 Å². The zero-order valence-electron chi connectivity index (χ0n) is 19.0. The minimum absolute atomic E-state index is 0.0417. The Kier molecular flexibility index (Phi) is 7.49. The van der Waals surface area contributed by atoms with Gasteiger partial charge in [0.1, 0.15) is 6.04 Å². The Bertz CT molecular complexity index is 754. The summed E-state index contributed by atoms with van der Waals surface area (Å²) >= 11 is 0. The number of piperazine rings is 1. The van der Waals surface area contributed by atoms with Crippen LogP contribution in [0, 0.1) is 12.8 Å². The maximum atomic E-state index is 12.9. The van der Waals surface area contributed by atoms with E-state index in [0.717, 1.165) is 77.8 Å². The molecule has 0 spiro atoms.